The van der Waals surface area contributed by atoms with Gasteiger partial charge in [0.15, 0.2) is 0 Å². The smallest absolute Gasteiger partial charge is 0.426 e. The summed E-state index contributed by atoms with van der Waals surface area (Å²) in [6.45, 7) is 9.27. The number of alkyl halides is 6. The van der Waals surface area contributed by atoms with Crippen molar-refractivity contribution in [3.05, 3.63) is 28.8 Å². The Bertz CT molecular complexity index is 939. The summed E-state index contributed by atoms with van der Waals surface area (Å²) < 4.78 is 86.6. The monoisotopic (exact) mass is 573 g/mol. The van der Waals surface area contributed by atoms with Gasteiger partial charge in [0.2, 0.25) is 0 Å². The molecule has 1 atom stereocenters. The molecule has 38 heavy (non-hydrogen) atoms. The van der Waals surface area contributed by atoms with Crippen molar-refractivity contribution in [2.75, 3.05) is 44.2 Å². The minimum absolute atomic E-state index is 0.0244. The van der Waals surface area contributed by atoms with E-state index in [2.05, 4.69) is 21.5 Å². The molecule has 2 heterocycles. The number of anilines is 1. The van der Waals surface area contributed by atoms with Crippen LogP contribution in [0.15, 0.2) is 18.2 Å². The Morgan fingerprint density at radius 2 is 1.79 bits per heavy atom. The van der Waals surface area contributed by atoms with E-state index in [9.17, 15) is 31.1 Å². The number of carbonyl (C=O) groups excluding carboxylic acids is 1. The lowest BCUT2D eigenvalue weighted by Crippen LogP contribution is -2.55. The highest BCUT2D eigenvalue weighted by Gasteiger charge is 2.60. The zero-order valence-corrected chi connectivity index (χ0v) is 22.4. The standard InChI is InChI=1S/C25H34ClF6N3O3/c1-4-19-16-34(12-13-37-19)20-14-18(26)7-6-17(20)15-35(5-2)23(3)8-10-33(11-9-23)22(36)38-21(24(27,28)29)25(30,31)32/h6-7,14,19,21H,4-5,8-13,15-16H2,1-3H3. The average Bonchev–Trinajstić information content (AvgIpc) is 2.85. The predicted molar refractivity (Wildman–Crippen MR) is 131 cm³/mol. The number of morpholine rings is 1. The lowest BCUT2D eigenvalue weighted by molar-refractivity contribution is -0.308. The van der Waals surface area contributed by atoms with Crippen LogP contribution in [0.5, 0.6) is 0 Å². The van der Waals surface area contributed by atoms with Gasteiger partial charge in [0, 0.05) is 49.0 Å². The molecule has 216 valence electrons. The second-order valence-corrected chi connectivity index (χ2v) is 10.4. The van der Waals surface area contributed by atoms with Crippen molar-refractivity contribution < 1.29 is 40.6 Å². The van der Waals surface area contributed by atoms with Gasteiger partial charge in [-0.25, -0.2) is 4.79 Å². The third-order valence-corrected chi connectivity index (χ3v) is 7.64. The summed E-state index contributed by atoms with van der Waals surface area (Å²) in [5.41, 5.74) is 1.62. The molecular formula is C25H34ClF6N3O3. The van der Waals surface area contributed by atoms with Crippen molar-refractivity contribution in [1.29, 1.82) is 0 Å². The Balaban J connectivity index is 1.70. The summed E-state index contributed by atoms with van der Waals surface area (Å²) in [4.78, 5) is 17.6. The van der Waals surface area contributed by atoms with Gasteiger partial charge in [-0.05, 0) is 50.4 Å². The fourth-order valence-corrected chi connectivity index (χ4v) is 5.19. The Labute approximate surface area is 223 Å². The van der Waals surface area contributed by atoms with Crippen LogP contribution in [0.1, 0.15) is 45.6 Å². The lowest BCUT2D eigenvalue weighted by Gasteiger charge is -2.47. The summed E-state index contributed by atoms with van der Waals surface area (Å²) >= 11 is 6.33. The largest absolute Gasteiger partial charge is 0.434 e. The molecule has 1 unspecified atom stereocenters. The van der Waals surface area contributed by atoms with Crippen molar-refractivity contribution in [3.63, 3.8) is 0 Å². The summed E-state index contributed by atoms with van der Waals surface area (Å²) in [7, 11) is 0. The van der Waals surface area contributed by atoms with Crippen LogP contribution in [0.2, 0.25) is 5.02 Å². The second kappa shape index (κ2) is 12.1. The van der Waals surface area contributed by atoms with Gasteiger partial charge >= 0.3 is 18.4 Å². The molecule has 2 aliphatic heterocycles. The normalized spacial score (nSPS) is 20.8. The molecule has 2 fully saturated rings. The number of likely N-dealkylation sites (tertiary alicyclic amines) is 1. The number of halogens is 7. The molecule has 0 saturated carbocycles. The fraction of sp³-hybridized carbons (Fsp3) is 0.720. The summed E-state index contributed by atoms with van der Waals surface area (Å²) in [5, 5.41) is 0.611. The highest BCUT2D eigenvalue weighted by Crippen LogP contribution is 2.37. The molecule has 0 radical (unpaired) electrons. The minimum Gasteiger partial charge on any atom is -0.426 e. The van der Waals surface area contributed by atoms with Gasteiger partial charge in [0.1, 0.15) is 0 Å². The molecule has 1 aromatic rings. The van der Waals surface area contributed by atoms with Crippen LogP contribution in [0.4, 0.5) is 36.8 Å². The first-order chi connectivity index (χ1) is 17.7. The molecule has 6 nitrogen and oxygen atoms in total. The third-order valence-electron chi connectivity index (χ3n) is 7.40. The maximum atomic E-state index is 12.8. The van der Waals surface area contributed by atoms with Gasteiger partial charge in [0.05, 0.1) is 12.7 Å². The van der Waals surface area contributed by atoms with E-state index in [1.165, 1.54) is 0 Å². The van der Waals surface area contributed by atoms with E-state index in [0.29, 0.717) is 37.6 Å². The van der Waals surface area contributed by atoms with Gasteiger partial charge < -0.3 is 19.3 Å². The number of benzene rings is 1. The number of amides is 1. The molecule has 1 aromatic carbocycles. The number of nitrogens with zero attached hydrogens (tertiary/aromatic N) is 3. The average molecular weight is 574 g/mol. The van der Waals surface area contributed by atoms with E-state index in [-0.39, 0.29) is 19.2 Å². The fourth-order valence-electron chi connectivity index (χ4n) is 5.02. The Kier molecular flexibility index (Phi) is 9.73. The molecule has 0 bridgehead atoms. The maximum Gasteiger partial charge on any atom is 0.434 e. The summed E-state index contributed by atoms with van der Waals surface area (Å²) in [6, 6.07) is 5.73. The van der Waals surface area contributed by atoms with Crippen molar-refractivity contribution in [3.8, 4) is 0 Å². The molecule has 3 rings (SSSR count). The van der Waals surface area contributed by atoms with E-state index in [4.69, 9.17) is 16.3 Å². The third kappa shape index (κ3) is 7.38. The minimum atomic E-state index is -5.74. The van der Waals surface area contributed by atoms with Crippen LogP contribution < -0.4 is 4.90 Å². The van der Waals surface area contributed by atoms with E-state index >= 15 is 0 Å². The quantitative estimate of drug-likeness (QED) is 0.360. The first-order valence-electron chi connectivity index (χ1n) is 12.7. The summed E-state index contributed by atoms with van der Waals surface area (Å²) in [6.07, 6.45) is -15.5. The Morgan fingerprint density at radius 1 is 1.16 bits per heavy atom. The van der Waals surface area contributed by atoms with Crippen LogP contribution in [0, 0.1) is 0 Å². The van der Waals surface area contributed by atoms with Crippen molar-refractivity contribution in [2.45, 2.75) is 76.7 Å². The van der Waals surface area contributed by atoms with Gasteiger partial charge in [-0.1, -0.05) is 31.5 Å². The van der Waals surface area contributed by atoms with Crippen LogP contribution in [-0.2, 0) is 16.0 Å². The molecule has 13 heteroatoms. The van der Waals surface area contributed by atoms with Gasteiger partial charge in [0.25, 0.3) is 6.10 Å². The SMILES string of the molecule is CCC1CN(c2cc(Cl)ccc2CN(CC)C2(C)CCN(C(=O)OC(C(F)(F)F)C(F)(F)F)CC2)CCO1. The van der Waals surface area contributed by atoms with Gasteiger partial charge in [-0.3, -0.25) is 4.90 Å². The van der Waals surface area contributed by atoms with Gasteiger partial charge in [-0.15, -0.1) is 0 Å². The molecule has 2 aliphatic rings. The molecule has 2 saturated heterocycles. The van der Waals surface area contributed by atoms with Crippen molar-refractivity contribution in [1.82, 2.24) is 9.80 Å². The Hall–Kier alpha value is -1.92. The molecule has 0 aliphatic carbocycles. The number of carbonyl (C=O) groups is 1. The molecule has 0 aromatic heterocycles. The number of hydrogen-bond acceptors (Lipinski definition) is 5. The maximum absolute atomic E-state index is 12.8. The van der Waals surface area contributed by atoms with Gasteiger partial charge in [-0.2, -0.15) is 26.3 Å². The van der Waals surface area contributed by atoms with Crippen LogP contribution in [0.3, 0.4) is 0 Å². The van der Waals surface area contributed by atoms with E-state index in [1.807, 2.05) is 32.0 Å². The van der Waals surface area contributed by atoms with Crippen molar-refractivity contribution in [2.24, 2.45) is 0 Å². The number of rotatable bonds is 7. The molecule has 0 N–H and O–H groups in total. The summed E-state index contributed by atoms with van der Waals surface area (Å²) in [5.74, 6) is 0. The van der Waals surface area contributed by atoms with E-state index in [1.54, 1.807) is 0 Å². The first-order valence-corrected chi connectivity index (χ1v) is 13.0. The first kappa shape index (κ1) is 30.6. The highest BCUT2D eigenvalue weighted by atomic mass is 35.5. The highest BCUT2D eigenvalue weighted by molar-refractivity contribution is 6.30. The van der Waals surface area contributed by atoms with E-state index in [0.717, 1.165) is 35.7 Å². The molecule has 1 amide bonds. The van der Waals surface area contributed by atoms with Crippen LogP contribution >= 0.6 is 11.6 Å². The Morgan fingerprint density at radius 3 is 2.34 bits per heavy atom. The zero-order chi connectivity index (χ0) is 28.3. The number of ether oxygens (including phenoxy) is 2. The number of piperidine rings is 1. The molecule has 0 spiro atoms. The zero-order valence-electron chi connectivity index (χ0n) is 21.7. The topological polar surface area (TPSA) is 45.2 Å². The van der Waals surface area contributed by atoms with Crippen molar-refractivity contribution >= 4 is 23.4 Å². The van der Waals surface area contributed by atoms with Crippen LogP contribution in [-0.4, -0.2) is 85.3 Å². The lowest BCUT2D eigenvalue weighted by atomic mass is 9.87. The van der Waals surface area contributed by atoms with Crippen LogP contribution in [0.25, 0.3) is 0 Å². The molecular weight excluding hydrogens is 540 g/mol. The van der Waals surface area contributed by atoms with E-state index < -0.39 is 30.1 Å². The number of hydrogen-bond donors (Lipinski definition) is 0. The second-order valence-electron chi connectivity index (χ2n) is 9.97. The predicted octanol–water partition coefficient (Wildman–Crippen LogP) is 6.26.